The van der Waals surface area contributed by atoms with Gasteiger partial charge in [-0.3, -0.25) is 11.3 Å². The topological polar surface area (TPSA) is 38.0 Å². The molecule has 0 radical (unpaired) electrons. The molecule has 1 aromatic rings. The van der Waals surface area contributed by atoms with Gasteiger partial charge in [-0.15, -0.1) is 0 Å². The summed E-state index contributed by atoms with van der Waals surface area (Å²) >= 11 is 0. The number of hydrazine groups is 1. The van der Waals surface area contributed by atoms with E-state index in [9.17, 15) is 8.78 Å². The zero-order valence-corrected chi connectivity index (χ0v) is 11.3. The summed E-state index contributed by atoms with van der Waals surface area (Å²) in [5.41, 5.74) is 5.02. The van der Waals surface area contributed by atoms with Crippen LogP contribution in [0.5, 0.6) is 0 Å². The standard InChI is InChI=1S/C15H22F2N2/c1-11-4-6-13(7-5-11)14(19-18)9-12-3-2-8-15(16,17)10-12/h4-7,12,14,19H,2-3,8-10,18H2,1H3. The molecule has 0 bridgehead atoms. The highest BCUT2D eigenvalue weighted by Crippen LogP contribution is 2.40. The molecule has 1 saturated carbocycles. The van der Waals surface area contributed by atoms with Gasteiger partial charge in [0.2, 0.25) is 5.92 Å². The van der Waals surface area contributed by atoms with Gasteiger partial charge in [0, 0.05) is 18.9 Å². The molecule has 0 heterocycles. The van der Waals surface area contributed by atoms with Crippen molar-refractivity contribution >= 4 is 0 Å². The summed E-state index contributed by atoms with van der Waals surface area (Å²) in [7, 11) is 0. The van der Waals surface area contributed by atoms with Gasteiger partial charge in [-0.2, -0.15) is 0 Å². The second kappa shape index (κ2) is 5.97. The number of hydrogen-bond donors (Lipinski definition) is 2. The van der Waals surface area contributed by atoms with Gasteiger partial charge in [0.25, 0.3) is 0 Å². The molecule has 1 aromatic carbocycles. The fourth-order valence-corrected chi connectivity index (χ4v) is 2.91. The lowest BCUT2D eigenvalue weighted by Crippen LogP contribution is -2.33. The smallest absolute Gasteiger partial charge is 0.248 e. The maximum absolute atomic E-state index is 13.4. The first kappa shape index (κ1) is 14.4. The molecule has 2 rings (SSSR count). The monoisotopic (exact) mass is 268 g/mol. The minimum atomic E-state index is -2.49. The van der Waals surface area contributed by atoms with Crippen molar-refractivity contribution in [2.75, 3.05) is 0 Å². The molecule has 0 saturated heterocycles. The Labute approximate surface area is 113 Å². The van der Waals surface area contributed by atoms with Crippen LogP contribution in [0.15, 0.2) is 24.3 Å². The van der Waals surface area contributed by atoms with E-state index in [4.69, 9.17) is 5.84 Å². The summed E-state index contributed by atoms with van der Waals surface area (Å²) in [6, 6.07) is 8.03. The zero-order chi connectivity index (χ0) is 13.9. The van der Waals surface area contributed by atoms with Gasteiger partial charge in [-0.1, -0.05) is 29.8 Å². The minimum Gasteiger partial charge on any atom is -0.271 e. The highest BCUT2D eigenvalue weighted by atomic mass is 19.3. The number of halogens is 2. The normalized spacial score (nSPS) is 24.1. The molecular formula is C15H22F2N2. The van der Waals surface area contributed by atoms with Crippen LogP contribution in [0.4, 0.5) is 8.78 Å². The molecule has 2 unspecified atom stereocenters. The third kappa shape index (κ3) is 3.98. The van der Waals surface area contributed by atoms with Crippen LogP contribution in [0.3, 0.4) is 0 Å². The summed E-state index contributed by atoms with van der Waals surface area (Å²) in [4.78, 5) is 0. The quantitative estimate of drug-likeness (QED) is 0.645. The SMILES string of the molecule is Cc1ccc(C(CC2CCCC(F)(F)C2)NN)cc1. The molecule has 0 aliphatic heterocycles. The number of hydrogen-bond acceptors (Lipinski definition) is 2. The van der Waals surface area contributed by atoms with Crippen molar-refractivity contribution in [3.05, 3.63) is 35.4 Å². The molecule has 3 N–H and O–H groups in total. The van der Waals surface area contributed by atoms with Gasteiger partial charge in [-0.05, 0) is 37.7 Å². The van der Waals surface area contributed by atoms with Crippen LogP contribution >= 0.6 is 0 Å². The molecule has 0 spiro atoms. The highest BCUT2D eigenvalue weighted by molar-refractivity contribution is 5.24. The van der Waals surface area contributed by atoms with Crippen LogP contribution in [-0.2, 0) is 0 Å². The van der Waals surface area contributed by atoms with Gasteiger partial charge in [0.05, 0.1) is 0 Å². The van der Waals surface area contributed by atoms with Crippen LogP contribution in [-0.4, -0.2) is 5.92 Å². The summed E-state index contributed by atoms with van der Waals surface area (Å²) in [6.07, 6.45) is 2.20. The van der Waals surface area contributed by atoms with Crippen molar-refractivity contribution in [3.63, 3.8) is 0 Å². The molecule has 19 heavy (non-hydrogen) atoms. The third-order valence-corrected chi connectivity index (χ3v) is 3.99. The summed E-state index contributed by atoms with van der Waals surface area (Å²) in [5.74, 6) is 3.15. The predicted octanol–water partition coefficient (Wildman–Crippen LogP) is 3.72. The van der Waals surface area contributed by atoms with Crippen LogP contribution in [0.25, 0.3) is 0 Å². The number of aryl methyl sites for hydroxylation is 1. The Morgan fingerprint density at radius 3 is 2.63 bits per heavy atom. The molecule has 0 amide bonds. The number of nitrogens with two attached hydrogens (primary N) is 1. The van der Waals surface area contributed by atoms with Crippen molar-refractivity contribution in [3.8, 4) is 0 Å². The molecule has 1 fully saturated rings. The van der Waals surface area contributed by atoms with Gasteiger partial charge < -0.3 is 0 Å². The molecule has 106 valence electrons. The van der Waals surface area contributed by atoms with E-state index in [1.54, 1.807) is 0 Å². The third-order valence-electron chi connectivity index (χ3n) is 3.99. The van der Waals surface area contributed by atoms with Gasteiger partial charge in [0.1, 0.15) is 0 Å². The average molecular weight is 268 g/mol. The fourth-order valence-electron chi connectivity index (χ4n) is 2.91. The largest absolute Gasteiger partial charge is 0.271 e. The Hall–Kier alpha value is -1.00. The second-order valence-corrected chi connectivity index (χ2v) is 5.68. The summed E-state index contributed by atoms with van der Waals surface area (Å²) in [5, 5.41) is 0. The maximum Gasteiger partial charge on any atom is 0.248 e. The van der Waals surface area contributed by atoms with E-state index >= 15 is 0 Å². The molecule has 2 atom stereocenters. The fraction of sp³-hybridized carbons (Fsp3) is 0.600. The Morgan fingerprint density at radius 1 is 1.37 bits per heavy atom. The van der Waals surface area contributed by atoms with Crippen molar-refractivity contribution in [2.24, 2.45) is 11.8 Å². The van der Waals surface area contributed by atoms with Gasteiger partial charge in [-0.25, -0.2) is 8.78 Å². The van der Waals surface area contributed by atoms with E-state index in [2.05, 4.69) is 5.43 Å². The summed E-state index contributed by atoms with van der Waals surface area (Å²) in [6.45, 7) is 2.02. The molecule has 1 aliphatic rings. The molecule has 1 aliphatic carbocycles. The Morgan fingerprint density at radius 2 is 2.05 bits per heavy atom. The first-order valence-electron chi connectivity index (χ1n) is 6.91. The maximum atomic E-state index is 13.4. The van der Waals surface area contributed by atoms with Gasteiger partial charge in [0.15, 0.2) is 0 Å². The van der Waals surface area contributed by atoms with Crippen LogP contribution in [0.1, 0.15) is 49.3 Å². The number of benzene rings is 1. The van der Waals surface area contributed by atoms with Crippen molar-refractivity contribution in [1.82, 2.24) is 5.43 Å². The van der Waals surface area contributed by atoms with E-state index in [-0.39, 0.29) is 24.8 Å². The molecule has 2 nitrogen and oxygen atoms in total. The Balaban J connectivity index is 2.01. The predicted molar refractivity (Wildman–Crippen MR) is 72.8 cm³/mol. The van der Waals surface area contributed by atoms with E-state index in [0.717, 1.165) is 12.0 Å². The first-order valence-corrected chi connectivity index (χ1v) is 6.91. The van der Waals surface area contributed by atoms with Gasteiger partial charge >= 0.3 is 0 Å². The molecule has 4 heteroatoms. The lowest BCUT2D eigenvalue weighted by Gasteiger charge is -2.31. The number of alkyl halides is 2. The lowest BCUT2D eigenvalue weighted by atomic mass is 9.81. The van der Waals surface area contributed by atoms with E-state index in [1.165, 1.54) is 5.56 Å². The molecular weight excluding hydrogens is 246 g/mol. The number of rotatable bonds is 4. The van der Waals surface area contributed by atoms with E-state index in [0.29, 0.717) is 12.8 Å². The minimum absolute atomic E-state index is 0.00294. The molecule has 0 aromatic heterocycles. The number of nitrogens with one attached hydrogen (secondary N) is 1. The lowest BCUT2D eigenvalue weighted by molar-refractivity contribution is -0.0548. The second-order valence-electron chi connectivity index (χ2n) is 5.68. The van der Waals surface area contributed by atoms with Crippen molar-refractivity contribution in [2.45, 2.75) is 51.0 Å². The van der Waals surface area contributed by atoms with Crippen molar-refractivity contribution < 1.29 is 8.78 Å². The first-order chi connectivity index (χ1) is 9.00. The average Bonchev–Trinajstić information content (AvgIpc) is 2.36. The van der Waals surface area contributed by atoms with Crippen molar-refractivity contribution in [1.29, 1.82) is 0 Å². The Kier molecular flexibility index (Phi) is 4.53. The Bertz CT molecular complexity index is 403. The zero-order valence-electron chi connectivity index (χ0n) is 11.3. The van der Waals surface area contributed by atoms with E-state index in [1.807, 2.05) is 31.2 Å². The van der Waals surface area contributed by atoms with Crippen LogP contribution in [0.2, 0.25) is 0 Å². The highest BCUT2D eigenvalue weighted by Gasteiger charge is 2.36. The van der Waals surface area contributed by atoms with E-state index < -0.39 is 5.92 Å². The van der Waals surface area contributed by atoms with Crippen LogP contribution in [0, 0.1) is 12.8 Å². The van der Waals surface area contributed by atoms with Crippen LogP contribution < -0.4 is 11.3 Å². The summed E-state index contributed by atoms with van der Waals surface area (Å²) < 4.78 is 26.8.